The van der Waals surface area contributed by atoms with Crippen LogP contribution in [0.25, 0.3) is 0 Å². The number of alkyl halides is 4. The van der Waals surface area contributed by atoms with Gasteiger partial charge in [0, 0.05) is 18.8 Å². The van der Waals surface area contributed by atoms with Crippen LogP contribution in [0.15, 0.2) is 42.1 Å². The van der Waals surface area contributed by atoms with Crippen molar-refractivity contribution in [2.75, 3.05) is 25.0 Å². The van der Waals surface area contributed by atoms with Crippen LogP contribution in [0.4, 0.5) is 23.2 Å². The van der Waals surface area contributed by atoms with Gasteiger partial charge in [-0.15, -0.1) is 0 Å². The average Bonchev–Trinajstić information content (AvgIpc) is 3.19. The lowest BCUT2D eigenvalue weighted by molar-refractivity contribution is -0.137. The van der Waals surface area contributed by atoms with Gasteiger partial charge < -0.3 is 19.6 Å². The van der Waals surface area contributed by atoms with Gasteiger partial charge in [-0.3, -0.25) is 9.69 Å². The number of likely N-dealkylation sites (N-methyl/N-ethyl adjacent to an activating group) is 1. The summed E-state index contributed by atoms with van der Waals surface area (Å²) in [6.07, 6.45) is -4.44. The first-order valence-electron chi connectivity index (χ1n) is 11.1. The number of thiocarbonyl (C=S) groups is 1. The summed E-state index contributed by atoms with van der Waals surface area (Å²) in [5, 5.41) is 19.0. The minimum absolute atomic E-state index is 0.127. The van der Waals surface area contributed by atoms with Crippen molar-refractivity contribution in [3.05, 3.63) is 53.3 Å². The fourth-order valence-corrected chi connectivity index (χ4v) is 5.14. The summed E-state index contributed by atoms with van der Waals surface area (Å²) in [6, 6.07) is 4.41. The van der Waals surface area contributed by atoms with Crippen molar-refractivity contribution < 1.29 is 32.2 Å². The highest BCUT2D eigenvalue weighted by molar-refractivity contribution is 7.80. The van der Waals surface area contributed by atoms with E-state index < -0.39 is 53.2 Å². The maximum absolute atomic E-state index is 15.1. The largest absolute Gasteiger partial charge is 0.417 e. The molecule has 2 aliphatic heterocycles. The summed E-state index contributed by atoms with van der Waals surface area (Å²) in [5.41, 5.74) is -3.00. The Morgan fingerprint density at radius 3 is 2.53 bits per heavy atom. The van der Waals surface area contributed by atoms with E-state index in [4.69, 9.17) is 22.2 Å². The number of likely N-dealkylation sites (tertiary alicyclic amines) is 1. The van der Waals surface area contributed by atoms with E-state index in [-0.39, 0.29) is 16.5 Å². The molecule has 0 saturated carbocycles. The van der Waals surface area contributed by atoms with Crippen LogP contribution in [0.5, 0.6) is 0 Å². The minimum Gasteiger partial charge on any atom is -0.389 e. The molecule has 3 aliphatic rings. The van der Waals surface area contributed by atoms with Gasteiger partial charge in [0.05, 0.1) is 35.1 Å². The average molecular weight is 525 g/mol. The monoisotopic (exact) mass is 524 g/mol. The molecule has 192 valence electrons. The van der Waals surface area contributed by atoms with E-state index in [2.05, 4.69) is 0 Å². The fraction of sp³-hybridized carbons (Fsp3) is 0.458. The Morgan fingerprint density at radius 2 is 1.97 bits per heavy atom. The Morgan fingerprint density at radius 1 is 1.28 bits per heavy atom. The van der Waals surface area contributed by atoms with E-state index in [9.17, 15) is 23.1 Å². The molecular weight excluding hydrogens is 500 g/mol. The topological polar surface area (TPSA) is 80.0 Å². The summed E-state index contributed by atoms with van der Waals surface area (Å²) >= 11 is 5.48. The number of aliphatic hydroxyl groups is 1. The second-order valence-electron chi connectivity index (χ2n) is 9.48. The molecule has 0 bridgehead atoms. The van der Waals surface area contributed by atoms with Gasteiger partial charge in [-0.1, -0.05) is 6.08 Å². The number of nitriles is 1. The van der Waals surface area contributed by atoms with Gasteiger partial charge in [0.15, 0.2) is 11.3 Å². The molecule has 1 aromatic rings. The van der Waals surface area contributed by atoms with E-state index >= 15 is 4.39 Å². The van der Waals surface area contributed by atoms with Crippen LogP contribution in [0, 0.1) is 11.3 Å². The van der Waals surface area contributed by atoms with Crippen LogP contribution in [0.3, 0.4) is 0 Å². The third-order valence-electron chi connectivity index (χ3n) is 6.47. The fourth-order valence-electron chi connectivity index (χ4n) is 4.62. The molecule has 7 nitrogen and oxygen atoms in total. The predicted molar refractivity (Wildman–Crippen MR) is 126 cm³/mol. The molecule has 4 rings (SSSR count). The van der Waals surface area contributed by atoms with Crippen LogP contribution >= 0.6 is 12.2 Å². The van der Waals surface area contributed by atoms with Crippen molar-refractivity contribution in [1.29, 1.82) is 5.26 Å². The molecule has 4 atom stereocenters. The number of nitrogens with zero attached hydrogens (tertiary/aromatic N) is 4. The van der Waals surface area contributed by atoms with Crippen LogP contribution in [0.2, 0.25) is 0 Å². The number of carbonyl (C=O) groups is 1. The molecular formula is C24H24F4N4O3S. The van der Waals surface area contributed by atoms with E-state index in [1.54, 1.807) is 0 Å². The first-order valence-corrected chi connectivity index (χ1v) is 11.5. The van der Waals surface area contributed by atoms with E-state index in [0.29, 0.717) is 19.2 Å². The maximum Gasteiger partial charge on any atom is 0.417 e. The standard InChI is InChI=1S/C24H24F4N4O3S/c1-23(2)21(34)31(14-5-4-13(10-29)16(8-14)24(26,27)28)22(36)32(23)15-6-7-19(17(25)9-15)35-20-12-30(3)11-18(20)33/h4-9,17-20,33H,11-12H2,1-3H3. The van der Waals surface area contributed by atoms with Gasteiger partial charge in [0.2, 0.25) is 0 Å². The molecule has 1 aliphatic carbocycles. The SMILES string of the molecule is CN1CC(O)C(OC2C=CC(N3C(=S)N(c4ccc(C#N)c(C(F)(F)F)c4)C(=O)C3(C)C)=CC2F)C1. The molecule has 2 saturated heterocycles. The number of amides is 1. The molecule has 1 N–H and O–H groups in total. The first kappa shape index (κ1) is 26.2. The summed E-state index contributed by atoms with van der Waals surface area (Å²) in [7, 11) is 1.82. The number of ether oxygens (including phenoxy) is 1. The number of hydrogen-bond acceptors (Lipinski definition) is 6. The lowest BCUT2D eigenvalue weighted by Crippen LogP contribution is -2.44. The summed E-state index contributed by atoms with van der Waals surface area (Å²) in [6.45, 7) is 3.93. The number of carbonyl (C=O) groups excluding carboxylic acids is 1. The summed E-state index contributed by atoms with van der Waals surface area (Å²) in [5.74, 6) is -0.606. The van der Waals surface area contributed by atoms with E-state index in [0.717, 1.165) is 11.0 Å². The van der Waals surface area contributed by atoms with Gasteiger partial charge in [0.1, 0.15) is 11.6 Å². The van der Waals surface area contributed by atoms with Gasteiger partial charge in [0.25, 0.3) is 5.91 Å². The Kier molecular flexibility index (Phi) is 6.72. The minimum atomic E-state index is -4.81. The van der Waals surface area contributed by atoms with Crippen molar-refractivity contribution in [2.24, 2.45) is 0 Å². The second-order valence-corrected chi connectivity index (χ2v) is 9.84. The number of allylic oxidation sites excluding steroid dienone is 1. The molecule has 0 spiro atoms. The molecule has 12 heteroatoms. The van der Waals surface area contributed by atoms with Gasteiger partial charge in [-0.05, 0) is 63.5 Å². The zero-order valence-electron chi connectivity index (χ0n) is 19.7. The Labute approximate surface area is 210 Å². The maximum atomic E-state index is 15.1. The molecule has 36 heavy (non-hydrogen) atoms. The van der Waals surface area contributed by atoms with Crippen LogP contribution in [-0.4, -0.2) is 76.1 Å². The number of hydrogen-bond donors (Lipinski definition) is 1. The third kappa shape index (κ3) is 4.52. The Balaban J connectivity index is 1.61. The Bertz CT molecular complexity index is 1190. The van der Waals surface area contributed by atoms with Crippen molar-refractivity contribution in [3.8, 4) is 6.07 Å². The van der Waals surface area contributed by atoms with Crippen molar-refractivity contribution >= 4 is 28.9 Å². The number of anilines is 1. The molecule has 1 amide bonds. The smallest absolute Gasteiger partial charge is 0.389 e. The van der Waals surface area contributed by atoms with Crippen molar-refractivity contribution in [2.45, 2.75) is 50.0 Å². The normalized spacial score (nSPS) is 28.6. The lowest BCUT2D eigenvalue weighted by Gasteiger charge is -2.33. The number of β-amino-alcohol motifs (C(OH)–C–C–N with tert-alkyl or cyclic N) is 1. The van der Waals surface area contributed by atoms with E-state index in [1.807, 2.05) is 11.9 Å². The molecule has 0 aromatic heterocycles. The molecule has 1 aromatic carbocycles. The lowest BCUT2D eigenvalue weighted by atomic mass is 9.99. The predicted octanol–water partition coefficient (Wildman–Crippen LogP) is 3.14. The van der Waals surface area contributed by atoms with Gasteiger partial charge in [-0.2, -0.15) is 18.4 Å². The summed E-state index contributed by atoms with van der Waals surface area (Å²) in [4.78, 5) is 17.5. The van der Waals surface area contributed by atoms with Gasteiger partial charge >= 0.3 is 6.18 Å². The highest BCUT2D eigenvalue weighted by Gasteiger charge is 2.51. The zero-order chi connectivity index (χ0) is 26.6. The van der Waals surface area contributed by atoms with Crippen LogP contribution in [-0.2, 0) is 15.7 Å². The highest BCUT2D eigenvalue weighted by Crippen LogP contribution is 2.40. The van der Waals surface area contributed by atoms with Crippen LogP contribution < -0.4 is 4.90 Å². The number of halogens is 4. The number of aliphatic hydroxyl groups excluding tert-OH is 1. The van der Waals surface area contributed by atoms with Crippen molar-refractivity contribution in [3.63, 3.8) is 0 Å². The summed E-state index contributed by atoms with van der Waals surface area (Å²) < 4.78 is 61.4. The van der Waals surface area contributed by atoms with Crippen LogP contribution in [0.1, 0.15) is 25.0 Å². The van der Waals surface area contributed by atoms with Crippen molar-refractivity contribution in [1.82, 2.24) is 9.80 Å². The number of rotatable bonds is 4. The third-order valence-corrected chi connectivity index (χ3v) is 6.83. The molecule has 2 fully saturated rings. The molecule has 2 heterocycles. The highest BCUT2D eigenvalue weighted by atomic mass is 32.1. The molecule has 0 radical (unpaired) electrons. The number of benzene rings is 1. The quantitative estimate of drug-likeness (QED) is 0.479. The Hall–Kier alpha value is -2.85. The van der Waals surface area contributed by atoms with E-state index in [1.165, 1.54) is 49.1 Å². The zero-order valence-corrected chi connectivity index (χ0v) is 20.5. The molecule has 4 unspecified atom stereocenters. The van der Waals surface area contributed by atoms with Gasteiger partial charge in [-0.25, -0.2) is 4.39 Å². The first-order chi connectivity index (χ1) is 16.8. The second kappa shape index (κ2) is 9.23.